The van der Waals surface area contributed by atoms with E-state index in [0.29, 0.717) is 34.7 Å². The fraction of sp³-hybridized carbons (Fsp3) is 0.182. The van der Waals surface area contributed by atoms with Crippen LogP contribution in [0.15, 0.2) is 16.7 Å². The first-order chi connectivity index (χ1) is 8.68. The first-order valence-electron chi connectivity index (χ1n) is 5.25. The highest BCUT2D eigenvalue weighted by Gasteiger charge is 2.25. The lowest BCUT2D eigenvalue weighted by Gasteiger charge is -2.22. The zero-order valence-electron chi connectivity index (χ0n) is 9.17. The fourth-order valence-electron chi connectivity index (χ4n) is 1.87. The molecule has 18 heavy (non-hydrogen) atoms. The van der Waals surface area contributed by atoms with Crippen molar-refractivity contribution >= 4 is 21.7 Å². The van der Waals surface area contributed by atoms with Crippen LogP contribution >= 0.6 is 15.9 Å². The van der Waals surface area contributed by atoms with Gasteiger partial charge in [-0.3, -0.25) is 5.10 Å². The van der Waals surface area contributed by atoms with E-state index in [1.54, 1.807) is 6.07 Å². The molecule has 0 bridgehead atoms. The van der Waals surface area contributed by atoms with Gasteiger partial charge < -0.3 is 15.2 Å². The molecular weight excluding hydrogens is 305 g/mol. The van der Waals surface area contributed by atoms with Gasteiger partial charge in [0.2, 0.25) is 0 Å². The van der Waals surface area contributed by atoms with Crippen molar-refractivity contribution in [3.63, 3.8) is 0 Å². The van der Waals surface area contributed by atoms with Crippen LogP contribution in [0.2, 0.25) is 0 Å². The van der Waals surface area contributed by atoms with E-state index in [2.05, 4.69) is 26.1 Å². The largest absolute Gasteiger partial charge is 0.486 e. The summed E-state index contributed by atoms with van der Waals surface area (Å²) in [6.45, 7) is 0.810. The predicted octanol–water partition coefficient (Wildman–Crippen LogP) is 2.33. The van der Waals surface area contributed by atoms with Crippen LogP contribution in [0.25, 0.3) is 11.1 Å². The number of H-pyrrole nitrogens is 1. The van der Waals surface area contributed by atoms with E-state index in [1.807, 2.05) is 0 Å². The lowest BCUT2D eigenvalue weighted by Crippen LogP contribution is -2.16. The van der Waals surface area contributed by atoms with Crippen LogP contribution in [0, 0.1) is 5.82 Å². The van der Waals surface area contributed by atoms with E-state index in [-0.39, 0.29) is 11.4 Å². The maximum atomic E-state index is 14.3. The van der Waals surface area contributed by atoms with Gasteiger partial charge in [0.05, 0.1) is 21.8 Å². The number of nitrogens with zero attached hydrogens (tertiary/aromatic N) is 1. The maximum absolute atomic E-state index is 14.3. The standard InChI is InChI=1S/C11H9BrFN3O2/c12-6-3-7-10(18-2-1-17-7)8(9(6)13)5-4-15-16-11(5)14/h3-4H,1-2H2,(H3,14,15,16). The van der Waals surface area contributed by atoms with Gasteiger partial charge in [0, 0.05) is 6.07 Å². The Labute approximate surface area is 110 Å². The maximum Gasteiger partial charge on any atom is 0.172 e. The number of fused-ring (bicyclic) bond motifs is 1. The Kier molecular flexibility index (Phi) is 2.62. The van der Waals surface area contributed by atoms with Gasteiger partial charge in [-0.15, -0.1) is 0 Å². The summed E-state index contributed by atoms with van der Waals surface area (Å²) >= 11 is 3.15. The second kappa shape index (κ2) is 4.16. The molecule has 0 unspecified atom stereocenters. The number of hydrogen-bond acceptors (Lipinski definition) is 4. The molecule has 2 heterocycles. The highest BCUT2D eigenvalue weighted by Crippen LogP contribution is 2.45. The molecule has 0 aliphatic carbocycles. The molecule has 1 aliphatic rings. The molecule has 0 saturated heterocycles. The van der Waals surface area contributed by atoms with Crippen LogP contribution < -0.4 is 15.2 Å². The Hall–Kier alpha value is -1.76. The van der Waals surface area contributed by atoms with Gasteiger partial charge in [0.25, 0.3) is 0 Å². The van der Waals surface area contributed by atoms with Gasteiger partial charge in [-0.2, -0.15) is 5.10 Å². The van der Waals surface area contributed by atoms with Gasteiger partial charge in [-0.05, 0) is 15.9 Å². The van der Waals surface area contributed by atoms with E-state index in [4.69, 9.17) is 15.2 Å². The van der Waals surface area contributed by atoms with Crippen molar-refractivity contribution in [2.75, 3.05) is 18.9 Å². The summed E-state index contributed by atoms with van der Waals surface area (Å²) in [6, 6.07) is 1.55. The molecular formula is C11H9BrFN3O2. The van der Waals surface area contributed by atoms with E-state index < -0.39 is 5.82 Å². The lowest BCUT2D eigenvalue weighted by molar-refractivity contribution is 0.171. The molecule has 0 radical (unpaired) electrons. The van der Waals surface area contributed by atoms with Crippen LogP contribution in [-0.4, -0.2) is 23.4 Å². The molecule has 3 rings (SSSR count). The molecule has 7 heteroatoms. The summed E-state index contributed by atoms with van der Waals surface area (Å²) in [6.07, 6.45) is 1.46. The number of nitrogens with one attached hydrogen (secondary N) is 1. The minimum absolute atomic E-state index is 0.255. The van der Waals surface area contributed by atoms with Crippen molar-refractivity contribution < 1.29 is 13.9 Å². The van der Waals surface area contributed by atoms with Crippen LogP contribution in [0.3, 0.4) is 0 Å². The third-order valence-corrected chi connectivity index (χ3v) is 3.24. The number of aromatic amines is 1. The molecule has 5 nitrogen and oxygen atoms in total. The number of halogens is 2. The summed E-state index contributed by atoms with van der Waals surface area (Å²) < 4.78 is 25.5. The quantitative estimate of drug-likeness (QED) is 0.847. The smallest absolute Gasteiger partial charge is 0.172 e. The molecule has 1 aromatic heterocycles. The number of ether oxygens (including phenoxy) is 2. The van der Waals surface area contributed by atoms with Crippen molar-refractivity contribution in [3.05, 3.63) is 22.6 Å². The number of nitrogens with two attached hydrogens (primary N) is 1. The SMILES string of the molecule is Nc1[nH]ncc1-c1c(F)c(Br)cc2c1OCCO2. The first-order valence-corrected chi connectivity index (χ1v) is 6.04. The zero-order chi connectivity index (χ0) is 12.7. The summed E-state index contributed by atoms with van der Waals surface area (Å²) in [5.74, 6) is 0.677. The van der Waals surface area contributed by atoms with Crippen LogP contribution in [0.5, 0.6) is 11.5 Å². The molecule has 0 amide bonds. The Morgan fingerprint density at radius 1 is 1.39 bits per heavy atom. The minimum atomic E-state index is -0.452. The zero-order valence-corrected chi connectivity index (χ0v) is 10.8. The van der Waals surface area contributed by atoms with Crippen molar-refractivity contribution in [1.29, 1.82) is 0 Å². The van der Waals surface area contributed by atoms with E-state index in [0.717, 1.165) is 0 Å². The Bertz CT molecular complexity index is 615. The van der Waals surface area contributed by atoms with Crippen molar-refractivity contribution in [2.24, 2.45) is 0 Å². The van der Waals surface area contributed by atoms with E-state index >= 15 is 0 Å². The Balaban J connectivity index is 2.30. The minimum Gasteiger partial charge on any atom is -0.486 e. The molecule has 0 fully saturated rings. The molecule has 0 atom stereocenters. The Morgan fingerprint density at radius 3 is 2.89 bits per heavy atom. The molecule has 94 valence electrons. The summed E-state index contributed by atoms with van der Waals surface area (Å²) in [4.78, 5) is 0. The molecule has 0 spiro atoms. The van der Waals surface area contributed by atoms with E-state index in [9.17, 15) is 4.39 Å². The number of aromatic nitrogens is 2. The Morgan fingerprint density at radius 2 is 2.17 bits per heavy atom. The van der Waals surface area contributed by atoms with Gasteiger partial charge in [0.1, 0.15) is 24.8 Å². The van der Waals surface area contributed by atoms with Crippen molar-refractivity contribution in [2.45, 2.75) is 0 Å². The number of rotatable bonds is 1. The van der Waals surface area contributed by atoms with Gasteiger partial charge >= 0.3 is 0 Å². The summed E-state index contributed by atoms with van der Waals surface area (Å²) in [5.41, 5.74) is 6.44. The molecule has 1 aliphatic heterocycles. The molecule has 2 aromatic rings. The molecule has 3 N–H and O–H groups in total. The lowest BCUT2D eigenvalue weighted by atomic mass is 10.1. The second-order valence-corrected chi connectivity index (χ2v) is 4.62. The highest BCUT2D eigenvalue weighted by molar-refractivity contribution is 9.10. The molecule has 0 saturated carbocycles. The van der Waals surface area contributed by atoms with Crippen LogP contribution in [0.4, 0.5) is 10.2 Å². The monoisotopic (exact) mass is 313 g/mol. The van der Waals surface area contributed by atoms with Crippen molar-refractivity contribution in [3.8, 4) is 22.6 Å². The fourth-order valence-corrected chi connectivity index (χ4v) is 2.27. The van der Waals surface area contributed by atoms with Gasteiger partial charge in [0.15, 0.2) is 11.5 Å². The topological polar surface area (TPSA) is 73.2 Å². The number of nitrogen functional groups attached to an aromatic ring is 1. The first kappa shape index (κ1) is 11.3. The third kappa shape index (κ3) is 1.62. The summed E-state index contributed by atoms with van der Waals surface area (Å²) in [7, 11) is 0. The highest BCUT2D eigenvalue weighted by atomic mass is 79.9. The number of anilines is 1. The second-order valence-electron chi connectivity index (χ2n) is 3.77. The number of hydrogen-bond donors (Lipinski definition) is 2. The van der Waals surface area contributed by atoms with Gasteiger partial charge in [-0.1, -0.05) is 0 Å². The average Bonchev–Trinajstić information content (AvgIpc) is 2.77. The van der Waals surface area contributed by atoms with Gasteiger partial charge in [-0.25, -0.2) is 4.39 Å². The van der Waals surface area contributed by atoms with Crippen LogP contribution in [-0.2, 0) is 0 Å². The van der Waals surface area contributed by atoms with E-state index in [1.165, 1.54) is 6.20 Å². The third-order valence-electron chi connectivity index (χ3n) is 2.66. The number of benzene rings is 1. The normalized spacial score (nSPS) is 13.7. The summed E-state index contributed by atoms with van der Waals surface area (Å²) in [5, 5.41) is 6.36. The molecule has 1 aromatic carbocycles. The van der Waals surface area contributed by atoms with Crippen LogP contribution in [0.1, 0.15) is 0 Å². The predicted molar refractivity (Wildman–Crippen MR) is 67.1 cm³/mol. The van der Waals surface area contributed by atoms with Crippen molar-refractivity contribution in [1.82, 2.24) is 10.2 Å². The average molecular weight is 314 g/mol.